The van der Waals surface area contributed by atoms with Gasteiger partial charge in [-0.05, 0) is 53.7 Å². The van der Waals surface area contributed by atoms with Crippen LogP contribution in [0.15, 0.2) is 29.4 Å². The molecule has 0 radical (unpaired) electrons. The summed E-state index contributed by atoms with van der Waals surface area (Å²) in [5, 5.41) is 0.768. The van der Waals surface area contributed by atoms with Gasteiger partial charge >= 0.3 is 0 Å². The molecule has 126 valence electrons. The molecular weight excluding hydrogens is 306 g/mol. The number of aromatic nitrogens is 2. The average Bonchev–Trinajstić information content (AvgIpc) is 2.83. The zero-order chi connectivity index (χ0) is 17.1. The summed E-state index contributed by atoms with van der Waals surface area (Å²) in [4.78, 5) is 19.5. The van der Waals surface area contributed by atoms with E-state index in [-0.39, 0.29) is 23.2 Å². The van der Waals surface area contributed by atoms with Gasteiger partial charge < -0.3 is 9.47 Å². The van der Waals surface area contributed by atoms with E-state index in [9.17, 15) is 4.79 Å². The summed E-state index contributed by atoms with van der Waals surface area (Å²) in [6.07, 6.45) is 0. The summed E-state index contributed by atoms with van der Waals surface area (Å²) in [7, 11) is 0. The number of imidazole rings is 1. The van der Waals surface area contributed by atoms with Crippen LogP contribution in [-0.2, 0) is 11.3 Å². The molecule has 0 aliphatic rings. The molecule has 1 atom stereocenters. The first-order valence-electron chi connectivity index (χ1n) is 8.30. The SMILES string of the molecule is CCn1c(SC(C)C(=O)N(C(C)C)C(C)C)nc2ccccc21. The predicted molar refractivity (Wildman–Crippen MR) is 97.8 cm³/mol. The first kappa shape index (κ1) is 17.9. The van der Waals surface area contributed by atoms with Crippen LogP contribution in [0.1, 0.15) is 41.5 Å². The maximum atomic E-state index is 12.8. The number of hydrogen-bond donors (Lipinski definition) is 0. The maximum absolute atomic E-state index is 12.8. The number of carbonyl (C=O) groups excluding carboxylic acids is 1. The van der Waals surface area contributed by atoms with Gasteiger partial charge in [0.2, 0.25) is 5.91 Å². The predicted octanol–water partition coefficient (Wildman–Crippen LogP) is 4.18. The molecule has 0 aliphatic carbocycles. The molecule has 0 aliphatic heterocycles. The van der Waals surface area contributed by atoms with Gasteiger partial charge in [-0.25, -0.2) is 4.98 Å². The minimum atomic E-state index is -0.151. The van der Waals surface area contributed by atoms with Crippen LogP contribution in [0.4, 0.5) is 0 Å². The summed E-state index contributed by atoms with van der Waals surface area (Å²) in [5.74, 6) is 0.176. The van der Waals surface area contributed by atoms with E-state index < -0.39 is 0 Å². The van der Waals surface area contributed by atoms with Crippen molar-refractivity contribution in [1.82, 2.24) is 14.5 Å². The number of amides is 1. The summed E-state index contributed by atoms with van der Waals surface area (Å²) in [6, 6.07) is 8.53. The fourth-order valence-corrected chi connectivity index (χ4v) is 4.02. The van der Waals surface area contributed by atoms with Gasteiger partial charge in [0.15, 0.2) is 5.16 Å². The van der Waals surface area contributed by atoms with E-state index in [1.54, 1.807) is 11.8 Å². The third-order valence-corrected chi connectivity index (χ3v) is 5.01. The van der Waals surface area contributed by atoms with Crippen LogP contribution < -0.4 is 0 Å². The van der Waals surface area contributed by atoms with Crippen LogP contribution in [0.2, 0.25) is 0 Å². The highest BCUT2D eigenvalue weighted by molar-refractivity contribution is 8.00. The number of benzene rings is 1. The highest BCUT2D eigenvalue weighted by atomic mass is 32.2. The molecule has 0 bridgehead atoms. The molecule has 0 N–H and O–H groups in total. The number of fused-ring (bicyclic) bond motifs is 1. The van der Waals surface area contributed by atoms with Crippen LogP contribution in [-0.4, -0.2) is 37.7 Å². The van der Waals surface area contributed by atoms with Crippen molar-refractivity contribution in [2.75, 3.05) is 0 Å². The Labute approximate surface area is 143 Å². The van der Waals surface area contributed by atoms with Gasteiger partial charge in [0.1, 0.15) is 0 Å². The Bertz CT molecular complexity index is 670. The van der Waals surface area contributed by atoms with Crippen molar-refractivity contribution in [1.29, 1.82) is 0 Å². The highest BCUT2D eigenvalue weighted by Gasteiger charge is 2.27. The molecule has 1 amide bonds. The molecule has 0 saturated carbocycles. The van der Waals surface area contributed by atoms with Gasteiger partial charge in [-0.1, -0.05) is 23.9 Å². The van der Waals surface area contributed by atoms with Crippen LogP contribution >= 0.6 is 11.8 Å². The minimum Gasteiger partial charge on any atom is -0.337 e. The maximum Gasteiger partial charge on any atom is 0.236 e. The van der Waals surface area contributed by atoms with Crippen LogP contribution in [0.25, 0.3) is 11.0 Å². The lowest BCUT2D eigenvalue weighted by Gasteiger charge is -2.32. The van der Waals surface area contributed by atoms with Crippen molar-refractivity contribution in [3.8, 4) is 0 Å². The number of thioether (sulfide) groups is 1. The molecule has 5 heteroatoms. The molecule has 1 heterocycles. The van der Waals surface area contributed by atoms with Gasteiger partial charge in [0, 0.05) is 18.6 Å². The van der Waals surface area contributed by atoms with E-state index in [0.29, 0.717) is 0 Å². The summed E-state index contributed by atoms with van der Waals surface area (Å²) in [5.41, 5.74) is 2.11. The lowest BCUT2D eigenvalue weighted by Crippen LogP contribution is -2.45. The lowest BCUT2D eigenvalue weighted by molar-refractivity contribution is -0.133. The van der Waals surface area contributed by atoms with Crippen molar-refractivity contribution in [2.45, 2.75) is 70.6 Å². The van der Waals surface area contributed by atoms with E-state index in [1.807, 2.05) is 30.0 Å². The van der Waals surface area contributed by atoms with E-state index >= 15 is 0 Å². The van der Waals surface area contributed by atoms with Gasteiger partial charge in [-0.2, -0.15) is 0 Å². The number of aryl methyl sites for hydroxylation is 1. The van der Waals surface area contributed by atoms with Crippen molar-refractivity contribution in [3.63, 3.8) is 0 Å². The zero-order valence-electron chi connectivity index (χ0n) is 14.9. The molecule has 2 aromatic rings. The molecular formula is C18H27N3OS. The smallest absolute Gasteiger partial charge is 0.236 e. The van der Waals surface area contributed by atoms with Crippen LogP contribution in [0.5, 0.6) is 0 Å². The Hall–Kier alpha value is -1.49. The molecule has 23 heavy (non-hydrogen) atoms. The average molecular weight is 334 g/mol. The van der Waals surface area contributed by atoms with Crippen molar-refractivity contribution in [2.24, 2.45) is 0 Å². The fraction of sp³-hybridized carbons (Fsp3) is 0.556. The quantitative estimate of drug-likeness (QED) is 0.744. The fourth-order valence-electron chi connectivity index (χ4n) is 2.97. The van der Waals surface area contributed by atoms with Gasteiger partial charge in [-0.15, -0.1) is 0 Å². The topological polar surface area (TPSA) is 38.1 Å². The van der Waals surface area contributed by atoms with Gasteiger partial charge in [-0.3, -0.25) is 4.79 Å². The van der Waals surface area contributed by atoms with Gasteiger partial charge in [0.05, 0.1) is 16.3 Å². The number of hydrogen-bond acceptors (Lipinski definition) is 3. The lowest BCUT2D eigenvalue weighted by atomic mass is 10.2. The highest BCUT2D eigenvalue weighted by Crippen LogP contribution is 2.28. The summed E-state index contributed by atoms with van der Waals surface area (Å²) < 4.78 is 2.18. The molecule has 2 rings (SSSR count). The first-order valence-corrected chi connectivity index (χ1v) is 9.18. The standard InChI is InChI=1S/C18H27N3OS/c1-7-20-16-11-9-8-10-15(16)19-18(20)23-14(6)17(22)21(12(2)3)13(4)5/h8-14H,7H2,1-6H3. The third-order valence-electron chi connectivity index (χ3n) is 3.93. The van der Waals surface area contributed by atoms with E-state index in [2.05, 4.69) is 45.3 Å². The van der Waals surface area contributed by atoms with Crippen LogP contribution in [0, 0.1) is 0 Å². The van der Waals surface area contributed by atoms with E-state index in [0.717, 1.165) is 22.7 Å². The normalized spacial score (nSPS) is 13.0. The van der Waals surface area contributed by atoms with Crippen LogP contribution in [0.3, 0.4) is 0 Å². The van der Waals surface area contributed by atoms with Crippen molar-refractivity contribution < 1.29 is 4.79 Å². The molecule has 0 saturated heterocycles. The van der Waals surface area contributed by atoms with E-state index in [1.165, 1.54) is 0 Å². The second-order valence-electron chi connectivity index (χ2n) is 6.32. The monoisotopic (exact) mass is 333 g/mol. The Kier molecular flexibility index (Phi) is 5.74. The first-order chi connectivity index (χ1) is 10.9. The third kappa shape index (κ3) is 3.71. The number of para-hydroxylation sites is 2. The molecule has 1 aromatic carbocycles. The molecule has 0 fully saturated rings. The largest absolute Gasteiger partial charge is 0.337 e. The molecule has 0 spiro atoms. The number of rotatable bonds is 6. The second-order valence-corrected chi connectivity index (χ2v) is 7.63. The Morgan fingerprint density at radius 3 is 2.35 bits per heavy atom. The Morgan fingerprint density at radius 2 is 1.78 bits per heavy atom. The second kappa shape index (κ2) is 7.39. The minimum absolute atomic E-state index is 0.151. The summed E-state index contributed by atoms with van der Waals surface area (Å²) >= 11 is 1.55. The van der Waals surface area contributed by atoms with Crippen molar-refractivity contribution >= 4 is 28.7 Å². The zero-order valence-corrected chi connectivity index (χ0v) is 15.7. The Balaban J connectivity index is 2.26. The number of nitrogens with zero attached hydrogens (tertiary/aromatic N) is 3. The molecule has 1 unspecified atom stereocenters. The molecule has 4 nitrogen and oxygen atoms in total. The summed E-state index contributed by atoms with van der Waals surface area (Å²) in [6.45, 7) is 13.2. The number of carbonyl (C=O) groups is 1. The van der Waals surface area contributed by atoms with Crippen molar-refractivity contribution in [3.05, 3.63) is 24.3 Å². The van der Waals surface area contributed by atoms with E-state index in [4.69, 9.17) is 4.98 Å². The Morgan fingerprint density at radius 1 is 1.17 bits per heavy atom. The molecule has 1 aromatic heterocycles. The van der Waals surface area contributed by atoms with Gasteiger partial charge in [0.25, 0.3) is 0 Å².